The standard InChI is InChI=1S/C7H8.C2H6.2C2H4/c1-7-5-3-2-4-6-7;3*1-2/h2-6H,1H3;1-2H3;2*1-2H2. The van der Waals surface area contributed by atoms with Crippen LogP contribution >= 0.6 is 0 Å². The summed E-state index contributed by atoms with van der Waals surface area (Å²) in [4.78, 5) is 0. The van der Waals surface area contributed by atoms with Crippen molar-refractivity contribution in [2.24, 2.45) is 0 Å². The van der Waals surface area contributed by atoms with Gasteiger partial charge in [0.05, 0.1) is 0 Å². The highest BCUT2D eigenvalue weighted by atomic mass is 13.8. The largest absolute Gasteiger partial charge is 0.106 e. The van der Waals surface area contributed by atoms with E-state index in [4.69, 9.17) is 0 Å². The molecule has 13 heavy (non-hydrogen) atoms. The van der Waals surface area contributed by atoms with Crippen molar-refractivity contribution >= 4 is 0 Å². The molecule has 0 unspecified atom stereocenters. The molecule has 0 aliphatic carbocycles. The number of hydrogen-bond donors (Lipinski definition) is 0. The molecule has 0 nitrogen and oxygen atoms in total. The third-order valence-corrected chi connectivity index (χ3v) is 0.940. The van der Waals surface area contributed by atoms with Gasteiger partial charge in [-0.05, 0) is 6.92 Å². The van der Waals surface area contributed by atoms with E-state index in [-0.39, 0.29) is 0 Å². The molecule has 74 valence electrons. The molecular weight excluding hydrogens is 156 g/mol. The summed E-state index contributed by atoms with van der Waals surface area (Å²) < 4.78 is 0. The Hall–Kier alpha value is -1.30. The maximum atomic E-state index is 3.00. The van der Waals surface area contributed by atoms with Crippen LogP contribution in [0.15, 0.2) is 56.6 Å². The van der Waals surface area contributed by atoms with E-state index in [1.807, 2.05) is 32.0 Å². The van der Waals surface area contributed by atoms with Crippen LogP contribution in [0.5, 0.6) is 0 Å². The van der Waals surface area contributed by atoms with Crippen molar-refractivity contribution in [3.8, 4) is 0 Å². The van der Waals surface area contributed by atoms with Gasteiger partial charge in [-0.2, -0.15) is 0 Å². The SMILES string of the molecule is C=C.C=C.CC.Cc1ccccc1. The first-order valence-electron chi connectivity index (χ1n) is 4.41. The number of aryl methyl sites for hydroxylation is 1. The highest BCUT2D eigenvalue weighted by Crippen LogP contribution is 1.92. The molecule has 0 aliphatic heterocycles. The zero-order valence-electron chi connectivity index (χ0n) is 9.22. The second-order valence-corrected chi connectivity index (χ2v) is 1.65. The molecule has 0 radical (unpaired) electrons. The predicted molar refractivity (Wildman–Crippen MR) is 65.0 cm³/mol. The van der Waals surface area contributed by atoms with Crippen LogP contribution in [0.1, 0.15) is 19.4 Å². The number of benzene rings is 1. The van der Waals surface area contributed by atoms with Gasteiger partial charge in [0.25, 0.3) is 0 Å². The maximum absolute atomic E-state index is 3.00. The van der Waals surface area contributed by atoms with E-state index in [1.165, 1.54) is 5.56 Å². The summed E-state index contributed by atoms with van der Waals surface area (Å²) in [6.45, 7) is 18.1. The first kappa shape index (κ1) is 17.7. The lowest BCUT2D eigenvalue weighted by molar-refractivity contribution is 1.48. The number of rotatable bonds is 0. The second kappa shape index (κ2) is 22.4. The van der Waals surface area contributed by atoms with Gasteiger partial charge in [-0.3, -0.25) is 0 Å². The summed E-state index contributed by atoms with van der Waals surface area (Å²) in [5, 5.41) is 0. The molecule has 0 heteroatoms. The smallest absolute Gasteiger partial charge is 0.0398 e. The van der Waals surface area contributed by atoms with E-state index >= 15 is 0 Å². The molecule has 0 heterocycles. The van der Waals surface area contributed by atoms with Gasteiger partial charge in [0.1, 0.15) is 0 Å². The molecule has 0 saturated heterocycles. The fourth-order valence-corrected chi connectivity index (χ4v) is 0.534. The highest BCUT2D eigenvalue weighted by Gasteiger charge is 1.72. The molecule has 0 N–H and O–H groups in total. The lowest BCUT2D eigenvalue weighted by Gasteiger charge is -1.82. The minimum absolute atomic E-state index is 1.32. The van der Waals surface area contributed by atoms with Crippen LogP contribution in [0.3, 0.4) is 0 Å². The molecule has 1 rings (SSSR count). The van der Waals surface area contributed by atoms with Gasteiger partial charge in [-0.25, -0.2) is 0 Å². The van der Waals surface area contributed by atoms with E-state index in [1.54, 1.807) is 0 Å². The topological polar surface area (TPSA) is 0 Å². The summed E-state index contributed by atoms with van der Waals surface area (Å²) in [6, 6.07) is 10.3. The average Bonchev–Trinajstić information content (AvgIpc) is 2.28. The monoisotopic (exact) mass is 178 g/mol. The van der Waals surface area contributed by atoms with Gasteiger partial charge >= 0.3 is 0 Å². The van der Waals surface area contributed by atoms with Crippen LogP contribution in [0.4, 0.5) is 0 Å². The highest BCUT2D eigenvalue weighted by molar-refractivity contribution is 5.11. The zero-order valence-corrected chi connectivity index (χ0v) is 9.22. The second-order valence-electron chi connectivity index (χ2n) is 1.65. The van der Waals surface area contributed by atoms with E-state index in [2.05, 4.69) is 45.4 Å². The van der Waals surface area contributed by atoms with Gasteiger partial charge in [-0.1, -0.05) is 49.7 Å². The molecule has 0 saturated carbocycles. The summed E-state index contributed by atoms with van der Waals surface area (Å²) in [5.74, 6) is 0. The van der Waals surface area contributed by atoms with E-state index in [9.17, 15) is 0 Å². The minimum Gasteiger partial charge on any atom is -0.106 e. The van der Waals surface area contributed by atoms with Crippen molar-refractivity contribution in [2.75, 3.05) is 0 Å². The first-order valence-corrected chi connectivity index (χ1v) is 4.41. The van der Waals surface area contributed by atoms with Gasteiger partial charge in [0, 0.05) is 0 Å². The molecule has 0 spiro atoms. The summed E-state index contributed by atoms with van der Waals surface area (Å²) in [6.07, 6.45) is 0. The normalized spacial score (nSPS) is 5.77. The van der Waals surface area contributed by atoms with Crippen LogP contribution in [-0.2, 0) is 0 Å². The Morgan fingerprint density at radius 2 is 1.08 bits per heavy atom. The van der Waals surface area contributed by atoms with Crippen molar-refractivity contribution < 1.29 is 0 Å². The third kappa shape index (κ3) is 18.0. The molecule has 0 fully saturated rings. The van der Waals surface area contributed by atoms with Crippen molar-refractivity contribution in [2.45, 2.75) is 20.8 Å². The van der Waals surface area contributed by atoms with Crippen LogP contribution in [0.25, 0.3) is 0 Å². The summed E-state index contributed by atoms with van der Waals surface area (Å²) in [5.41, 5.74) is 1.32. The Labute approximate surface area is 83.6 Å². The van der Waals surface area contributed by atoms with E-state index in [0.29, 0.717) is 0 Å². The fraction of sp³-hybridized carbons (Fsp3) is 0.231. The maximum Gasteiger partial charge on any atom is -0.0398 e. The third-order valence-electron chi connectivity index (χ3n) is 0.940. The first-order chi connectivity index (χ1) is 6.39. The Morgan fingerprint density at radius 3 is 1.23 bits per heavy atom. The molecule has 0 amide bonds. The lowest BCUT2D eigenvalue weighted by Crippen LogP contribution is -1.62. The van der Waals surface area contributed by atoms with E-state index in [0.717, 1.165) is 0 Å². The molecule has 0 bridgehead atoms. The predicted octanol–water partition coefficient (Wildman–Crippen LogP) is 4.63. The van der Waals surface area contributed by atoms with Gasteiger partial charge < -0.3 is 0 Å². The number of hydrogen-bond acceptors (Lipinski definition) is 0. The van der Waals surface area contributed by atoms with Crippen LogP contribution < -0.4 is 0 Å². The van der Waals surface area contributed by atoms with Gasteiger partial charge in [0.2, 0.25) is 0 Å². The summed E-state index contributed by atoms with van der Waals surface area (Å²) in [7, 11) is 0. The quantitative estimate of drug-likeness (QED) is 0.508. The Balaban J connectivity index is -0.000000144. The Kier molecular flexibility index (Phi) is 30.5. The molecule has 0 aromatic heterocycles. The van der Waals surface area contributed by atoms with Crippen LogP contribution in [-0.4, -0.2) is 0 Å². The van der Waals surface area contributed by atoms with Crippen molar-refractivity contribution in [1.82, 2.24) is 0 Å². The van der Waals surface area contributed by atoms with Crippen LogP contribution in [0.2, 0.25) is 0 Å². The minimum atomic E-state index is 1.32. The molecular formula is C13H22. The van der Waals surface area contributed by atoms with Crippen molar-refractivity contribution in [3.05, 3.63) is 62.2 Å². The molecule has 0 atom stereocenters. The van der Waals surface area contributed by atoms with Gasteiger partial charge in [-0.15, -0.1) is 26.3 Å². The molecule has 1 aromatic carbocycles. The molecule has 1 aromatic rings. The Morgan fingerprint density at radius 1 is 0.769 bits per heavy atom. The fourth-order valence-electron chi connectivity index (χ4n) is 0.534. The zero-order chi connectivity index (χ0) is 11.1. The van der Waals surface area contributed by atoms with Crippen molar-refractivity contribution in [1.29, 1.82) is 0 Å². The summed E-state index contributed by atoms with van der Waals surface area (Å²) >= 11 is 0. The van der Waals surface area contributed by atoms with E-state index < -0.39 is 0 Å². The Bertz CT molecular complexity index is 151. The van der Waals surface area contributed by atoms with Crippen LogP contribution in [0, 0.1) is 6.92 Å². The average molecular weight is 178 g/mol. The molecule has 0 aliphatic rings. The van der Waals surface area contributed by atoms with Gasteiger partial charge in [0.15, 0.2) is 0 Å². The van der Waals surface area contributed by atoms with Crippen molar-refractivity contribution in [3.63, 3.8) is 0 Å². The lowest BCUT2D eigenvalue weighted by atomic mass is 10.2.